The molecule has 0 bridgehead atoms. The summed E-state index contributed by atoms with van der Waals surface area (Å²) < 4.78 is 35.7. The SMILES string of the molecule is CS(=O)OCCCC1(F)CCCN(C(=O)OC(C)(C)C)C1. The Morgan fingerprint density at radius 2 is 2.10 bits per heavy atom. The molecule has 7 heteroatoms. The fraction of sp³-hybridized carbons (Fsp3) is 0.929. The lowest BCUT2D eigenvalue weighted by atomic mass is 9.90. The number of halogens is 1. The molecule has 2 atom stereocenters. The van der Waals surface area contributed by atoms with Gasteiger partial charge < -0.3 is 9.64 Å². The smallest absolute Gasteiger partial charge is 0.410 e. The van der Waals surface area contributed by atoms with Crippen LogP contribution in [-0.2, 0) is 20.0 Å². The third-order valence-electron chi connectivity index (χ3n) is 3.20. The number of rotatable bonds is 5. The van der Waals surface area contributed by atoms with E-state index in [4.69, 9.17) is 8.92 Å². The van der Waals surface area contributed by atoms with Crippen molar-refractivity contribution >= 4 is 17.2 Å². The molecule has 0 N–H and O–H groups in total. The zero-order valence-corrected chi connectivity index (χ0v) is 14.1. The van der Waals surface area contributed by atoms with Crippen LogP contribution in [0.5, 0.6) is 0 Å². The molecule has 1 aliphatic heterocycles. The number of carbonyl (C=O) groups is 1. The lowest BCUT2D eigenvalue weighted by molar-refractivity contribution is -0.00871. The van der Waals surface area contributed by atoms with E-state index in [-0.39, 0.29) is 13.2 Å². The Hall–Kier alpha value is -0.690. The number of carbonyl (C=O) groups excluding carboxylic acids is 1. The zero-order chi connectivity index (χ0) is 16.1. The maximum absolute atomic E-state index is 14.8. The summed E-state index contributed by atoms with van der Waals surface area (Å²) in [5, 5.41) is 0. The first-order valence-corrected chi connectivity index (χ1v) is 8.73. The summed E-state index contributed by atoms with van der Waals surface area (Å²) >= 11 is -1.32. The highest BCUT2D eigenvalue weighted by Crippen LogP contribution is 2.30. The van der Waals surface area contributed by atoms with E-state index in [2.05, 4.69) is 0 Å². The molecule has 21 heavy (non-hydrogen) atoms. The summed E-state index contributed by atoms with van der Waals surface area (Å²) in [4.78, 5) is 13.4. The number of amides is 1. The van der Waals surface area contributed by atoms with E-state index in [9.17, 15) is 13.4 Å². The molecular weight excluding hydrogens is 297 g/mol. The molecule has 0 aromatic carbocycles. The Morgan fingerprint density at radius 1 is 1.43 bits per heavy atom. The predicted molar refractivity (Wildman–Crippen MR) is 80.1 cm³/mol. The van der Waals surface area contributed by atoms with Crippen molar-refractivity contribution in [1.82, 2.24) is 4.90 Å². The van der Waals surface area contributed by atoms with Gasteiger partial charge in [-0.25, -0.2) is 13.4 Å². The molecule has 0 aliphatic carbocycles. The van der Waals surface area contributed by atoms with Crippen LogP contribution in [0.15, 0.2) is 0 Å². The Balaban J connectivity index is 2.46. The van der Waals surface area contributed by atoms with Crippen molar-refractivity contribution in [3.63, 3.8) is 0 Å². The van der Waals surface area contributed by atoms with Crippen molar-refractivity contribution in [3.8, 4) is 0 Å². The van der Waals surface area contributed by atoms with Crippen LogP contribution in [0.3, 0.4) is 0 Å². The first-order chi connectivity index (χ1) is 9.61. The number of likely N-dealkylation sites (tertiary alicyclic amines) is 1. The van der Waals surface area contributed by atoms with Gasteiger partial charge in [0.25, 0.3) is 0 Å². The van der Waals surface area contributed by atoms with Crippen LogP contribution in [0.2, 0.25) is 0 Å². The van der Waals surface area contributed by atoms with Crippen LogP contribution in [0.4, 0.5) is 9.18 Å². The predicted octanol–water partition coefficient (Wildman–Crippen LogP) is 2.82. The molecule has 1 saturated heterocycles. The maximum Gasteiger partial charge on any atom is 0.410 e. The number of ether oxygens (including phenoxy) is 1. The molecule has 124 valence electrons. The number of piperidine rings is 1. The van der Waals surface area contributed by atoms with E-state index < -0.39 is 28.4 Å². The van der Waals surface area contributed by atoms with E-state index in [1.54, 1.807) is 20.8 Å². The monoisotopic (exact) mass is 323 g/mol. The average Bonchev–Trinajstić information content (AvgIpc) is 2.32. The highest BCUT2D eigenvalue weighted by molar-refractivity contribution is 7.79. The van der Waals surface area contributed by atoms with Gasteiger partial charge >= 0.3 is 6.09 Å². The third kappa shape index (κ3) is 7.22. The largest absolute Gasteiger partial charge is 0.444 e. The molecule has 1 amide bonds. The fourth-order valence-electron chi connectivity index (χ4n) is 2.34. The molecule has 1 fully saturated rings. The minimum absolute atomic E-state index is 0.0527. The highest BCUT2D eigenvalue weighted by atomic mass is 32.2. The van der Waals surface area contributed by atoms with Crippen molar-refractivity contribution in [1.29, 1.82) is 0 Å². The molecule has 1 heterocycles. The zero-order valence-electron chi connectivity index (χ0n) is 13.3. The van der Waals surface area contributed by atoms with Gasteiger partial charge in [0, 0.05) is 12.8 Å². The molecule has 2 unspecified atom stereocenters. The first kappa shape index (κ1) is 18.4. The van der Waals surface area contributed by atoms with Crippen molar-refractivity contribution in [2.75, 3.05) is 26.0 Å². The van der Waals surface area contributed by atoms with E-state index in [0.29, 0.717) is 32.2 Å². The topological polar surface area (TPSA) is 55.8 Å². The normalized spacial score (nSPS) is 24.7. The highest BCUT2D eigenvalue weighted by Gasteiger charge is 2.38. The molecule has 0 aromatic rings. The van der Waals surface area contributed by atoms with Gasteiger partial charge in [0.05, 0.1) is 13.2 Å². The van der Waals surface area contributed by atoms with Gasteiger partial charge in [-0.1, -0.05) is 0 Å². The van der Waals surface area contributed by atoms with Gasteiger partial charge in [0.15, 0.2) is 11.1 Å². The van der Waals surface area contributed by atoms with E-state index in [1.807, 2.05) is 0 Å². The number of hydrogen-bond donors (Lipinski definition) is 0. The number of alkyl halides is 1. The lowest BCUT2D eigenvalue weighted by Gasteiger charge is -2.38. The van der Waals surface area contributed by atoms with Crippen LogP contribution in [-0.4, -0.2) is 52.4 Å². The van der Waals surface area contributed by atoms with Crippen molar-refractivity contribution in [3.05, 3.63) is 0 Å². The summed E-state index contributed by atoms with van der Waals surface area (Å²) in [6.45, 7) is 6.22. The summed E-state index contributed by atoms with van der Waals surface area (Å²) in [6, 6.07) is 0. The van der Waals surface area contributed by atoms with Crippen LogP contribution in [0.25, 0.3) is 0 Å². The average molecular weight is 323 g/mol. The van der Waals surface area contributed by atoms with Crippen LogP contribution in [0.1, 0.15) is 46.5 Å². The second-order valence-corrected chi connectivity index (χ2v) is 7.52. The minimum Gasteiger partial charge on any atom is -0.444 e. The molecular formula is C14H26FNO4S. The molecule has 0 radical (unpaired) electrons. The van der Waals surface area contributed by atoms with Crippen LogP contribution < -0.4 is 0 Å². The van der Waals surface area contributed by atoms with Crippen LogP contribution in [0, 0.1) is 0 Å². The van der Waals surface area contributed by atoms with Gasteiger partial charge in [0.2, 0.25) is 0 Å². The van der Waals surface area contributed by atoms with Gasteiger partial charge in [-0.15, -0.1) is 0 Å². The minimum atomic E-state index is -1.41. The van der Waals surface area contributed by atoms with Crippen molar-refractivity contribution in [2.24, 2.45) is 0 Å². The quantitative estimate of drug-likeness (QED) is 0.730. The third-order valence-corrected chi connectivity index (χ3v) is 3.70. The van der Waals surface area contributed by atoms with Crippen molar-refractivity contribution in [2.45, 2.75) is 57.7 Å². The molecule has 1 aliphatic rings. The van der Waals surface area contributed by atoms with Crippen LogP contribution >= 0.6 is 0 Å². The Morgan fingerprint density at radius 3 is 2.67 bits per heavy atom. The van der Waals surface area contributed by atoms with Gasteiger partial charge in [-0.3, -0.25) is 4.18 Å². The second kappa shape index (κ2) is 7.54. The number of hydrogen-bond acceptors (Lipinski definition) is 4. The van der Waals surface area contributed by atoms with E-state index in [0.717, 1.165) is 0 Å². The summed E-state index contributed by atoms with van der Waals surface area (Å²) in [5.74, 6) is 0. The van der Waals surface area contributed by atoms with E-state index in [1.165, 1.54) is 11.2 Å². The van der Waals surface area contributed by atoms with Gasteiger partial charge in [0.1, 0.15) is 11.3 Å². The Labute approximate surface area is 128 Å². The van der Waals surface area contributed by atoms with Crippen molar-refractivity contribution < 1.29 is 22.3 Å². The molecule has 0 aromatic heterocycles. The molecule has 0 spiro atoms. The molecule has 0 saturated carbocycles. The van der Waals surface area contributed by atoms with E-state index >= 15 is 0 Å². The van der Waals surface area contributed by atoms with Gasteiger partial charge in [-0.2, -0.15) is 0 Å². The Kier molecular flexibility index (Phi) is 6.59. The fourth-order valence-corrected chi connectivity index (χ4v) is 2.69. The van der Waals surface area contributed by atoms with Gasteiger partial charge in [-0.05, 0) is 46.5 Å². The molecule has 1 rings (SSSR count). The maximum atomic E-state index is 14.8. The Bertz CT molecular complexity index is 386. The second-order valence-electron chi connectivity index (χ2n) is 6.48. The number of nitrogens with zero attached hydrogens (tertiary/aromatic N) is 1. The molecule has 5 nitrogen and oxygen atoms in total. The lowest BCUT2D eigenvalue weighted by Crippen LogP contribution is -2.49. The first-order valence-electron chi connectivity index (χ1n) is 7.25. The summed E-state index contributed by atoms with van der Waals surface area (Å²) in [5.41, 5.74) is -1.99. The standard InChI is InChI=1S/C14H26FNO4S/c1-13(2,3)20-12(17)16-9-5-7-14(15,11-16)8-6-10-19-21(4)18/h5-11H2,1-4H3. The summed E-state index contributed by atoms with van der Waals surface area (Å²) in [7, 11) is 0. The summed E-state index contributed by atoms with van der Waals surface area (Å²) in [6.07, 6.45) is 2.81.